The van der Waals surface area contributed by atoms with Crippen LogP contribution in [-0.2, 0) is 6.54 Å². The second-order valence-electron chi connectivity index (χ2n) is 6.18. The molecular weight excluding hydrogens is 347 g/mol. The van der Waals surface area contributed by atoms with E-state index in [2.05, 4.69) is 15.0 Å². The number of nitrogens with one attached hydrogen (secondary N) is 1. The highest BCUT2D eigenvalue weighted by Gasteiger charge is 2.15. The average Bonchev–Trinajstić information content (AvgIpc) is 3.07. The summed E-state index contributed by atoms with van der Waals surface area (Å²) >= 11 is 0. The summed E-state index contributed by atoms with van der Waals surface area (Å²) in [6, 6.07) is 11.9. The van der Waals surface area contributed by atoms with Crippen LogP contribution in [0, 0.1) is 12.7 Å². The summed E-state index contributed by atoms with van der Waals surface area (Å²) < 4.78 is 21.1. The second-order valence-corrected chi connectivity index (χ2v) is 6.18. The lowest BCUT2D eigenvalue weighted by Gasteiger charge is -2.11. The lowest BCUT2D eigenvalue weighted by Crippen LogP contribution is -2.14. The Morgan fingerprint density at radius 2 is 2.00 bits per heavy atom. The third-order valence-electron chi connectivity index (χ3n) is 4.57. The molecule has 0 bridgehead atoms. The van der Waals surface area contributed by atoms with Crippen molar-refractivity contribution >= 4 is 11.2 Å². The maximum Gasteiger partial charge on any atom is 0.277 e. The van der Waals surface area contributed by atoms with Crippen molar-refractivity contribution in [3.8, 4) is 17.1 Å². The number of H-pyrrole nitrogens is 1. The van der Waals surface area contributed by atoms with E-state index < -0.39 is 5.82 Å². The molecule has 2 heterocycles. The Bertz CT molecular complexity index is 1200. The van der Waals surface area contributed by atoms with E-state index in [9.17, 15) is 9.18 Å². The van der Waals surface area contributed by atoms with E-state index in [0.717, 1.165) is 16.9 Å². The Morgan fingerprint density at radius 3 is 2.78 bits per heavy atom. The molecule has 136 valence electrons. The largest absolute Gasteiger partial charge is 0.496 e. The molecule has 0 saturated heterocycles. The molecule has 0 aliphatic heterocycles. The number of ether oxygens (including phenoxy) is 1. The van der Waals surface area contributed by atoms with Crippen molar-refractivity contribution in [2.45, 2.75) is 13.5 Å². The lowest BCUT2D eigenvalue weighted by molar-refractivity contribution is 0.411. The summed E-state index contributed by atoms with van der Waals surface area (Å²) in [7, 11) is 1.62. The third kappa shape index (κ3) is 2.97. The molecule has 6 nitrogen and oxygen atoms in total. The summed E-state index contributed by atoms with van der Waals surface area (Å²) in [5, 5.41) is 0. The van der Waals surface area contributed by atoms with Gasteiger partial charge in [-0.05, 0) is 36.2 Å². The molecule has 7 heteroatoms. The van der Waals surface area contributed by atoms with Crippen LogP contribution in [0.2, 0.25) is 0 Å². The minimum absolute atomic E-state index is 0.161. The normalized spacial score (nSPS) is 11.1. The van der Waals surface area contributed by atoms with Gasteiger partial charge in [0.25, 0.3) is 5.56 Å². The molecule has 0 aliphatic rings. The van der Waals surface area contributed by atoms with Crippen LogP contribution in [0.4, 0.5) is 4.39 Å². The van der Waals surface area contributed by atoms with Gasteiger partial charge in [0.05, 0.1) is 19.0 Å². The van der Waals surface area contributed by atoms with Crippen LogP contribution >= 0.6 is 0 Å². The maximum atomic E-state index is 14.0. The highest BCUT2D eigenvalue weighted by Crippen LogP contribution is 2.23. The predicted octanol–water partition coefficient (Wildman–Crippen LogP) is 3.29. The van der Waals surface area contributed by atoms with Crippen LogP contribution in [0.5, 0.6) is 5.75 Å². The summed E-state index contributed by atoms with van der Waals surface area (Å²) in [6.07, 6.45) is 1.57. The van der Waals surface area contributed by atoms with Gasteiger partial charge in [-0.25, -0.2) is 14.4 Å². The van der Waals surface area contributed by atoms with Crippen LogP contribution in [-0.4, -0.2) is 26.6 Å². The fourth-order valence-electron chi connectivity index (χ4n) is 3.12. The first-order valence-electron chi connectivity index (χ1n) is 8.41. The molecule has 4 rings (SSSR count). The minimum Gasteiger partial charge on any atom is -0.496 e. The van der Waals surface area contributed by atoms with Crippen molar-refractivity contribution in [1.82, 2.24) is 19.5 Å². The molecule has 1 N–H and O–H groups in total. The molecule has 27 heavy (non-hydrogen) atoms. The van der Waals surface area contributed by atoms with Crippen LogP contribution < -0.4 is 10.3 Å². The number of rotatable bonds is 4. The molecule has 0 amide bonds. The number of benzene rings is 2. The molecule has 0 spiro atoms. The van der Waals surface area contributed by atoms with Gasteiger partial charge in [-0.15, -0.1) is 0 Å². The standard InChI is InChI=1S/C20H17FN4O2/c1-12-13(6-5-9-16(12)27-2)10-25-11-22-19-17(25)20(26)24-18(23-19)14-7-3-4-8-15(14)21/h3-9,11H,10H2,1-2H3,(H,23,24,26). The van der Waals surface area contributed by atoms with Crippen molar-refractivity contribution in [1.29, 1.82) is 0 Å². The Morgan fingerprint density at radius 1 is 1.19 bits per heavy atom. The van der Waals surface area contributed by atoms with Crippen molar-refractivity contribution in [2.24, 2.45) is 0 Å². The highest BCUT2D eigenvalue weighted by atomic mass is 19.1. The van der Waals surface area contributed by atoms with Crippen LogP contribution in [0.15, 0.2) is 53.6 Å². The zero-order chi connectivity index (χ0) is 19.0. The fourth-order valence-corrected chi connectivity index (χ4v) is 3.12. The van der Waals surface area contributed by atoms with Crippen LogP contribution in [0.3, 0.4) is 0 Å². The highest BCUT2D eigenvalue weighted by molar-refractivity contribution is 5.73. The number of imidazole rings is 1. The number of hydrogen-bond acceptors (Lipinski definition) is 4. The summed E-state index contributed by atoms with van der Waals surface area (Å²) in [6.45, 7) is 2.41. The van der Waals surface area contributed by atoms with Crippen molar-refractivity contribution in [2.75, 3.05) is 7.11 Å². The van der Waals surface area contributed by atoms with Gasteiger partial charge in [0.1, 0.15) is 17.4 Å². The van der Waals surface area contributed by atoms with Crippen LogP contribution in [0.25, 0.3) is 22.6 Å². The average molecular weight is 364 g/mol. The number of hydrogen-bond donors (Lipinski definition) is 1. The molecule has 0 unspecified atom stereocenters. The van der Waals surface area contributed by atoms with E-state index >= 15 is 0 Å². The van der Waals surface area contributed by atoms with Gasteiger partial charge in [0.2, 0.25) is 0 Å². The van der Waals surface area contributed by atoms with Gasteiger partial charge in [0.15, 0.2) is 11.2 Å². The second kappa shape index (κ2) is 6.68. The predicted molar refractivity (Wildman–Crippen MR) is 100 cm³/mol. The van der Waals surface area contributed by atoms with E-state index in [0.29, 0.717) is 12.1 Å². The molecule has 0 aliphatic carbocycles. The lowest BCUT2D eigenvalue weighted by atomic mass is 10.1. The van der Waals surface area contributed by atoms with Gasteiger partial charge >= 0.3 is 0 Å². The topological polar surface area (TPSA) is 72.8 Å². The number of nitrogens with zero attached hydrogens (tertiary/aromatic N) is 3. The first kappa shape index (κ1) is 17.0. The minimum atomic E-state index is -0.452. The maximum absolute atomic E-state index is 14.0. The first-order chi connectivity index (χ1) is 13.1. The number of aromatic amines is 1. The van der Waals surface area contributed by atoms with E-state index in [-0.39, 0.29) is 22.6 Å². The third-order valence-corrected chi connectivity index (χ3v) is 4.57. The van der Waals surface area contributed by atoms with E-state index in [1.165, 1.54) is 6.07 Å². The SMILES string of the molecule is COc1cccc(Cn2cnc3nc(-c4ccccc4F)[nH]c(=O)c32)c1C. The fraction of sp³-hybridized carbons (Fsp3) is 0.150. The van der Waals surface area contributed by atoms with Crippen LogP contribution in [0.1, 0.15) is 11.1 Å². The molecular formula is C20H17FN4O2. The number of halogens is 1. The number of aromatic nitrogens is 4. The van der Waals surface area contributed by atoms with Gasteiger partial charge in [0, 0.05) is 6.54 Å². The van der Waals surface area contributed by atoms with Gasteiger partial charge in [-0.3, -0.25) is 4.79 Å². The molecule has 4 aromatic rings. The van der Waals surface area contributed by atoms with Gasteiger partial charge in [-0.1, -0.05) is 24.3 Å². The number of methoxy groups -OCH3 is 1. The molecule has 0 radical (unpaired) electrons. The van der Waals surface area contributed by atoms with Gasteiger partial charge < -0.3 is 14.3 Å². The molecule has 2 aromatic heterocycles. The zero-order valence-corrected chi connectivity index (χ0v) is 14.9. The number of fused-ring (bicyclic) bond motifs is 1. The Kier molecular flexibility index (Phi) is 4.19. The summed E-state index contributed by atoms with van der Waals surface area (Å²) in [4.78, 5) is 23.9. The summed E-state index contributed by atoms with van der Waals surface area (Å²) in [5.74, 6) is 0.491. The molecule has 0 saturated carbocycles. The molecule has 0 atom stereocenters. The van der Waals surface area contributed by atoms with E-state index in [4.69, 9.17) is 4.74 Å². The Balaban J connectivity index is 1.79. The zero-order valence-electron chi connectivity index (χ0n) is 14.9. The Labute approximate surface area is 154 Å². The van der Waals surface area contributed by atoms with Crippen molar-refractivity contribution in [3.05, 3.63) is 76.1 Å². The molecule has 2 aromatic carbocycles. The van der Waals surface area contributed by atoms with E-state index in [1.807, 2.05) is 25.1 Å². The van der Waals surface area contributed by atoms with Gasteiger partial charge in [-0.2, -0.15) is 0 Å². The smallest absolute Gasteiger partial charge is 0.277 e. The molecule has 0 fully saturated rings. The first-order valence-corrected chi connectivity index (χ1v) is 8.41. The Hall–Kier alpha value is -3.48. The van der Waals surface area contributed by atoms with Crippen molar-refractivity contribution in [3.63, 3.8) is 0 Å². The summed E-state index contributed by atoms with van der Waals surface area (Å²) in [5.41, 5.74) is 2.49. The quantitative estimate of drug-likeness (QED) is 0.603. The van der Waals surface area contributed by atoms with E-state index in [1.54, 1.807) is 36.2 Å². The van der Waals surface area contributed by atoms with Crippen molar-refractivity contribution < 1.29 is 9.13 Å². The monoisotopic (exact) mass is 364 g/mol.